The van der Waals surface area contributed by atoms with E-state index in [-0.39, 0.29) is 21.9 Å². The fourth-order valence-electron chi connectivity index (χ4n) is 1.36. The van der Waals surface area contributed by atoms with Gasteiger partial charge < -0.3 is 10.2 Å². The van der Waals surface area contributed by atoms with Gasteiger partial charge in [0.2, 0.25) is 10.0 Å². The highest BCUT2D eigenvalue weighted by Gasteiger charge is 2.20. The number of nitrogens with two attached hydrogens (primary N) is 1. The molecule has 0 radical (unpaired) electrons. The lowest BCUT2D eigenvalue weighted by molar-refractivity contribution is 0.0216. The predicted octanol–water partition coefficient (Wildman–Crippen LogP) is 0.295. The van der Waals surface area contributed by atoms with Gasteiger partial charge >= 0.3 is 0 Å². The average Bonchev–Trinajstić information content (AvgIpc) is 2.26. The first-order valence-corrected chi connectivity index (χ1v) is 6.75. The monoisotopic (exact) mass is 290 g/mol. The summed E-state index contributed by atoms with van der Waals surface area (Å²) in [5.41, 5.74) is 0.204. The Hall–Kier alpha value is -1.17. The van der Waals surface area contributed by atoms with Crippen molar-refractivity contribution in [3.63, 3.8) is 0 Å². The van der Waals surface area contributed by atoms with Crippen LogP contribution in [0, 0.1) is 11.3 Å². The Bertz CT molecular complexity index is 582. The molecule has 0 saturated carbocycles. The molecule has 0 bridgehead atoms. The van der Waals surface area contributed by atoms with Crippen molar-refractivity contribution in [3.8, 4) is 6.07 Å². The minimum atomic E-state index is -3.93. The third-order valence-electron chi connectivity index (χ3n) is 2.27. The van der Waals surface area contributed by atoms with Crippen LogP contribution in [-0.2, 0) is 10.0 Å². The summed E-state index contributed by atoms with van der Waals surface area (Å²) in [6.45, 7) is 0. The summed E-state index contributed by atoms with van der Waals surface area (Å²) in [4.78, 5) is -0.269. The van der Waals surface area contributed by atoms with Crippen LogP contribution in [0.4, 0.5) is 0 Å². The predicted molar refractivity (Wildman–Crippen MR) is 64.0 cm³/mol. The van der Waals surface area contributed by atoms with Crippen LogP contribution in [-0.4, -0.2) is 24.7 Å². The lowest BCUT2D eigenvalue weighted by Crippen LogP contribution is -2.18. The second-order valence-corrected chi connectivity index (χ2v) is 5.55. The molecule has 0 saturated heterocycles. The zero-order valence-electron chi connectivity index (χ0n) is 9.12. The fraction of sp³-hybridized carbons (Fsp3) is 0.300. The number of primary sulfonamides is 1. The molecular formula is C10H11ClN2O4S. The molecule has 0 fully saturated rings. The van der Waals surface area contributed by atoms with Gasteiger partial charge in [-0.05, 0) is 17.7 Å². The molecule has 6 nitrogen and oxygen atoms in total. The first-order valence-electron chi connectivity index (χ1n) is 4.82. The van der Waals surface area contributed by atoms with E-state index in [0.29, 0.717) is 0 Å². The molecule has 0 heterocycles. The highest BCUT2D eigenvalue weighted by molar-refractivity contribution is 7.89. The van der Waals surface area contributed by atoms with Gasteiger partial charge in [0.1, 0.15) is 11.0 Å². The minimum Gasteiger partial charge on any atom is -0.389 e. The molecule has 8 heteroatoms. The van der Waals surface area contributed by atoms with Crippen molar-refractivity contribution >= 4 is 21.6 Å². The number of halogens is 1. The first-order chi connectivity index (χ1) is 8.27. The highest BCUT2D eigenvalue weighted by atomic mass is 35.5. The molecular weight excluding hydrogens is 280 g/mol. The third kappa shape index (κ3) is 3.41. The van der Waals surface area contributed by atoms with Gasteiger partial charge in [0.15, 0.2) is 0 Å². The zero-order chi connectivity index (χ0) is 13.9. The fourth-order valence-corrected chi connectivity index (χ4v) is 2.46. The van der Waals surface area contributed by atoms with Gasteiger partial charge in [0.25, 0.3) is 0 Å². The molecule has 1 rings (SSSR count). The SMILES string of the molecule is N#CCC(O)C(O)c1ccc(S(N)(=O)=O)c(Cl)c1. The van der Waals surface area contributed by atoms with Gasteiger partial charge in [-0.2, -0.15) is 5.26 Å². The number of rotatable bonds is 4. The summed E-state index contributed by atoms with van der Waals surface area (Å²) in [6, 6.07) is 5.31. The number of aliphatic hydroxyl groups excluding tert-OH is 2. The summed E-state index contributed by atoms with van der Waals surface area (Å²) < 4.78 is 22.2. The van der Waals surface area contributed by atoms with Crippen molar-refractivity contribution < 1.29 is 18.6 Å². The van der Waals surface area contributed by atoms with Crippen molar-refractivity contribution in [2.45, 2.75) is 23.5 Å². The summed E-state index contributed by atoms with van der Waals surface area (Å²) in [6.07, 6.45) is -2.85. The molecule has 4 N–H and O–H groups in total. The molecule has 2 unspecified atom stereocenters. The Morgan fingerprint density at radius 1 is 1.44 bits per heavy atom. The Morgan fingerprint density at radius 3 is 2.50 bits per heavy atom. The van der Waals surface area contributed by atoms with Gasteiger partial charge in [0.05, 0.1) is 23.6 Å². The number of nitriles is 1. The van der Waals surface area contributed by atoms with Gasteiger partial charge in [0, 0.05) is 0 Å². The summed E-state index contributed by atoms with van der Waals surface area (Å²) in [5.74, 6) is 0. The second-order valence-electron chi connectivity index (χ2n) is 3.61. The topological polar surface area (TPSA) is 124 Å². The van der Waals surface area contributed by atoms with E-state index in [0.717, 1.165) is 6.07 Å². The van der Waals surface area contributed by atoms with Gasteiger partial charge in [-0.3, -0.25) is 0 Å². The van der Waals surface area contributed by atoms with E-state index < -0.39 is 22.2 Å². The molecule has 2 atom stereocenters. The molecule has 0 aliphatic rings. The largest absolute Gasteiger partial charge is 0.389 e. The number of hydrogen-bond donors (Lipinski definition) is 3. The maximum absolute atomic E-state index is 11.1. The van der Waals surface area contributed by atoms with E-state index in [4.69, 9.17) is 22.0 Å². The molecule has 18 heavy (non-hydrogen) atoms. The van der Waals surface area contributed by atoms with Gasteiger partial charge in [-0.1, -0.05) is 17.7 Å². The quantitative estimate of drug-likeness (QED) is 0.735. The van der Waals surface area contributed by atoms with Crippen LogP contribution in [0.15, 0.2) is 23.1 Å². The molecule has 0 aliphatic heterocycles. The molecule has 0 aromatic heterocycles. The maximum Gasteiger partial charge on any atom is 0.239 e. The van der Waals surface area contributed by atoms with Crippen LogP contribution in [0.5, 0.6) is 0 Å². The molecule has 0 spiro atoms. The molecule has 1 aromatic carbocycles. The Morgan fingerprint density at radius 2 is 2.06 bits per heavy atom. The molecule has 1 aromatic rings. The van der Waals surface area contributed by atoms with Crippen molar-refractivity contribution in [3.05, 3.63) is 28.8 Å². The number of nitrogens with zero attached hydrogens (tertiary/aromatic N) is 1. The van der Waals surface area contributed by atoms with Crippen LogP contribution < -0.4 is 5.14 Å². The second kappa shape index (κ2) is 5.65. The standard InChI is InChI=1S/C10H11ClN2O4S/c11-7-5-6(10(15)8(14)3-4-12)1-2-9(7)18(13,16)17/h1-2,5,8,10,14-15H,3H2,(H2,13,16,17). The normalized spacial score (nSPS) is 14.8. The molecule has 0 aliphatic carbocycles. The Balaban J connectivity index is 3.09. The van der Waals surface area contributed by atoms with Gasteiger partial charge in [-0.15, -0.1) is 0 Å². The van der Waals surface area contributed by atoms with Gasteiger partial charge in [-0.25, -0.2) is 13.6 Å². The number of benzene rings is 1. The van der Waals surface area contributed by atoms with E-state index in [9.17, 15) is 18.6 Å². The number of hydrogen-bond acceptors (Lipinski definition) is 5. The van der Waals surface area contributed by atoms with E-state index >= 15 is 0 Å². The Kier molecular flexibility index (Phi) is 4.67. The van der Waals surface area contributed by atoms with E-state index in [1.165, 1.54) is 12.1 Å². The summed E-state index contributed by atoms with van der Waals surface area (Å²) in [7, 11) is -3.93. The highest BCUT2D eigenvalue weighted by Crippen LogP contribution is 2.26. The van der Waals surface area contributed by atoms with Crippen molar-refractivity contribution in [2.75, 3.05) is 0 Å². The van der Waals surface area contributed by atoms with Crippen LogP contribution >= 0.6 is 11.6 Å². The smallest absolute Gasteiger partial charge is 0.239 e. The summed E-state index contributed by atoms with van der Waals surface area (Å²) in [5, 5.41) is 32.3. The van der Waals surface area contributed by atoms with Crippen molar-refractivity contribution in [2.24, 2.45) is 5.14 Å². The summed E-state index contributed by atoms with van der Waals surface area (Å²) >= 11 is 5.72. The van der Waals surface area contributed by atoms with Crippen molar-refractivity contribution in [1.82, 2.24) is 0 Å². The van der Waals surface area contributed by atoms with Crippen molar-refractivity contribution in [1.29, 1.82) is 5.26 Å². The lowest BCUT2D eigenvalue weighted by Gasteiger charge is -2.16. The van der Waals surface area contributed by atoms with Crippen LogP contribution in [0.3, 0.4) is 0 Å². The van der Waals surface area contributed by atoms with E-state index in [2.05, 4.69) is 0 Å². The third-order valence-corrected chi connectivity index (χ3v) is 3.66. The maximum atomic E-state index is 11.1. The average molecular weight is 291 g/mol. The zero-order valence-corrected chi connectivity index (χ0v) is 10.7. The van der Waals surface area contributed by atoms with E-state index in [1.54, 1.807) is 6.07 Å². The Labute approximate surface area is 109 Å². The van der Waals surface area contributed by atoms with Crippen LogP contribution in [0.25, 0.3) is 0 Å². The first kappa shape index (κ1) is 14.9. The van der Waals surface area contributed by atoms with Crippen LogP contribution in [0.2, 0.25) is 5.02 Å². The molecule has 0 amide bonds. The number of aliphatic hydroxyl groups is 2. The lowest BCUT2D eigenvalue weighted by atomic mass is 10.0. The van der Waals surface area contributed by atoms with Crippen LogP contribution in [0.1, 0.15) is 18.1 Å². The van der Waals surface area contributed by atoms with E-state index in [1.807, 2.05) is 0 Å². The minimum absolute atomic E-state index is 0.154. The molecule has 98 valence electrons. The number of sulfonamides is 1.